The van der Waals surface area contributed by atoms with Crippen LogP contribution in [0.5, 0.6) is 0 Å². The molecule has 0 bridgehead atoms. The van der Waals surface area contributed by atoms with E-state index in [0.29, 0.717) is 37.7 Å². The highest BCUT2D eigenvalue weighted by molar-refractivity contribution is 6.35. The van der Waals surface area contributed by atoms with Gasteiger partial charge in [-0.2, -0.15) is 0 Å². The molecule has 2 heterocycles. The second-order valence-corrected chi connectivity index (χ2v) is 5.20. The van der Waals surface area contributed by atoms with Crippen LogP contribution in [0.1, 0.15) is 5.76 Å². The zero-order valence-corrected chi connectivity index (χ0v) is 12.2. The molecule has 2 aromatic heterocycles. The number of furan rings is 1. The van der Waals surface area contributed by atoms with Gasteiger partial charge < -0.3 is 8.94 Å². The van der Waals surface area contributed by atoms with Gasteiger partial charge in [0.25, 0.3) is 0 Å². The Hall–Kier alpha value is -2.17. The number of hydrogen-bond acceptors (Lipinski definition) is 3. The van der Waals surface area contributed by atoms with Crippen LogP contribution in [0.3, 0.4) is 0 Å². The Bertz CT molecular complexity index is 935. The first kappa shape index (κ1) is 13.8. The third-order valence-electron chi connectivity index (χ3n) is 2.92. The molecule has 6 heteroatoms. The molecule has 0 spiro atoms. The van der Waals surface area contributed by atoms with Crippen LogP contribution < -0.4 is 16.2 Å². The molecule has 0 aliphatic carbocycles. The second-order valence-electron chi connectivity index (χ2n) is 4.35. The predicted molar refractivity (Wildman–Crippen MR) is 81.8 cm³/mol. The minimum atomic E-state index is -0.501. The normalized spacial score (nSPS) is 12.0. The van der Waals surface area contributed by atoms with Crippen molar-refractivity contribution in [3.63, 3.8) is 0 Å². The van der Waals surface area contributed by atoms with E-state index in [1.54, 1.807) is 36.4 Å². The average Bonchev–Trinajstić information content (AvgIpc) is 3.04. The van der Waals surface area contributed by atoms with E-state index < -0.39 is 5.63 Å². The molecule has 106 valence electrons. The van der Waals surface area contributed by atoms with Gasteiger partial charge in [-0.3, -0.25) is 0 Å². The molecule has 1 N–H and O–H groups in total. The zero-order chi connectivity index (χ0) is 15.0. The summed E-state index contributed by atoms with van der Waals surface area (Å²) >= 11 is 12.1. The van der Waals surface area contributed by atoms with Gasteiger partial charge >= 0.3 is 5.63 Å². The maximum Gasteiger partial charge on any atom is 0.365 e. The molecule has 3 rings (SSSR count). The lowest BCUT2D eigenvalue weighted by molar-refractivity contribution is 0.386. The molecular weight excluding hydrogens is 313 g/mol. The monoisotopic (exact) mass is 321 g/mol. The van der Waals surface area contributed by atoms with Crippen molar-refractivity contribution < 1.29 is 8.94 Å². The Labute approximate surface area is 128 Å². The highest BCUT2D eigenvalue weighted by Gasteiger charge is 2.09. The van der Waals surface area contributed by atoms with Gasteiger partial charge in [0.2, 0.25) is 0 Å². The van der Waals surface area contributed by atoms with Crippen LogP contribution in [0.25, 0.3) is 24.0 Å². The van der Waals surface area contributed by atoms with Crippen molar-refractivity contribution in [1.29, 1.82) is 0 Å². The number of halogens is 2. The first-order valence-corrected chi connectivity index (χ1v) is 6.73. The average molecular weight is 322 g/mol. The molecule has 1 aromatic carbocycles. The van der Waals surface area contributed by atoms with E-state index in [-0.39, 0.29) is 0 Å². The van der Waals surface area contributed by atoms with Crippen LogP contribution >= 0.6 is 23.2 Å². The highest BCUT2D eigenvalue weighted by atomic mass is 35.5. The van der Waals surface area contributed by atoms with Crippen LogP contribution in [-0.2, 0) is 0 Å². The molecule has 4 nitrogen and oxygen atoms in total. The first-order chi connectivity index (χ1) is 10.0. The van der Waals surface area contributed by atoms with Gasteiger partial charge in [-0.25, -0.2) is 9.95 Å². The number of aromatic amines is 1. The third-order valence-corrected chi connectivity index (χ3v) is 3.48. The van der Waals surface area contributed by atoms with Gasteiger partial charge in [0, 0.05) is 10.6 Å². The summed E-state index contributed by atoms with van der Waals surface area (Å²) in [6.45, 7) is 3.67. The van der Waals surface area contributed by atoms with Crippen LogP contribution in [0.4, 0.5) is 0 Å². The molecule has 0 saturated heterocycles. The minimum absolute atomic E-state index is 0.313. The van der Waals surface area contributed by atoms with Crippen molar-refractivity contribution in [1.82, 2.24) is 5.16 Å². The van der Waals surface area contributed by atoms with E-state index in [0.717, 1.165) is 0 Å². The van der Waals surface area contributed by atoms with Gasteiger partial charge in [-0.05, 0) is 36.4 Å². The van der Waals surface area contributed by atoms with Crippen molar-refractivity contribution in [3.8, 4) is 11.3 Å². The Morgan fingerprint density at radius 2 is 2.00 bits per heavy atom. The smallest absolute Gasteiger partial charge is 0.365 e. The summed E-state index contributed by atoms with van der Waals surface area (Å²) < 4.78 is 10.3. The Balaban J connectivity index is 2.09. The van der Waals surface area contributed by atoms with Crippen LogP contribution in [0.15, 0.2) is 44.1 Å². The number of rotatable bonds is 2. The summed E-state index contributed by atoms with van der Waals surface area (Å²) in [5.74, 6) is 1.04. The van der Waals surface area contributed by atoms with Gasteiger partial charge in [0.15, 0.2) is 0 Å². The zero-order valence-electron chi connectivity index (χ0n) is 10.7. The summed E-state index contributed by atoms with van der Waals surface area (Å²) in [5, 5.41) is 4.19. The summed E-state index contributed by atoms with van der Waals surface area (Å²) in [4.78, 5) is 11.5. The van der Waals surface area contributed by atoms with Gasteiger partial charge in [-0.1, -0.05) is 29.8 Å². The molecule has 21 heavy (non-hydrogen) atoms. The molecule has 0 fully saturated rings. The van der Waals surface area contributed by atoms with Gasteiger partial charge in [0.1, 0.15) is 11.5 Å². The lowest BCUT2D eigenvalue weighted by Gasteiger charge is -2.00. The number of hydrogen-bond donors (Lipinski definition) is 1. The first-order valence-electron chi connectivity index (χ1n) is 5.98. The topological polar surface area (TPSA) is 59.1 Å². The Morgan fingerprint density at radius 3 is 2.71 bits per heavy atom. The fourth-order valence-electron chi connectivity index (χ4n) is 1.89. The quantitative estimate of drug-likeness (QED) is 0.789. The van der Waals surface area contributed by atoms with Crippen molar-refractivity contribution in [2.24, 2.45) is 0 Å². The van der Waals surface area contributed by atoms with E-state index in [1.807, 2.05) is 0 Å². The molecular formula is C15H9Cl2NO3. The summed E-state index contributed by atoms with van der Waals surface area (Å²) in [7, 11) is 0. The Kier molecular flexibility index (Phi) is 3.49. The Morgan fingerprint density at radius 1 is 1.19 bits per heavy atom. The molecule has 0 aliphatic rings. The lowest BCUT2D eigenvalue weighted by Crippen LogP contribution is -2.31. The maximum atomic E-state index is 11.5. The SMILES string of the molecule is C=c1[nH]oc(=O)c1=Cc1ccc(-c2cc(Cl)ccc2Cl)o1. The summed E-state index contributed by atoms with van der Waals surface area (Å²) in [5.41, 5.74) is 0.179. The van der Waals surface area contributed by atoms with Crippen molar-refractivity contribution in [2.45, 2.75) is 0 Å². The molecule has 0 radical (unpaired) electrons. The van der Waals surface area contributed by atoms with Crippen molar-refractivity contribution >= 4 is 35.9 Å². The third kappa shape index (κ3) is 2.68. The van der Waals surface area contributed by atoms with E-state index in [2.05, 4.69) is 16.3 Å². The van der Waals surface area contributed by atoms with Crippen LogP contribution in [0, 0.1) is 0 Å². The number of benzene rings is 1. The molecule has 0 unspecified atom stereocenters. The molecule has 0 aliphatic heterocycles. The maximum absolute atomic E-state index is 11.5. The van der Waals surface area contributed by atoms with E-state index in [9.17, 15) is 4.79 Å². The fourth-order valence-corrected chi connectivity index (χ4v) is 2.27. The predicted octanol–water partition coefficient (Wildman–Crippen LogP) is 2.77. The largest absolute Gasteiger partial charge is 0.457 e. The molecule has 0 amide bonds. The number of H-pyrrole nitrogens is 1. The molecule has 0 atom stereocenters. The van der Waals surface area contributed by atoms with Gasteiger partial charge in [0.05, 0.1) is 15.6 Å². The number of aromatic nitrogens is 1. The molecule has 0 saturated carbocycles. The molecule has 3 aromatic rings. The fraction of sp³-hybridized carbons (Fsp3) is 0. The summed E-state index contributed by atoms with van der Waals surface area (Å²) in [6.07, 6.45) is 1.55. The minimum Gasteiger partial charge on any atom is -0.457 e. The van der Waals surface area contributed by atoms with Crippen molar-refractivity contribution in [3.05, 3.63) is 67.1 Å². The van der Waals surface area contributed by atoms with E-state index >= 15 is 0 Å². The highest BCUT2D eigenvalue weighted by Crippen LogP contribution is 2.31. The van der Waals surface area contributed by atoms with Crippen molar-refractivity contribution in [2.75, 3.05) is 0 Å². The van der Waals surface area contributed by atoms with E-state index in [4.69, 9.17) is 27.6 Å². The number of nitrogens with one attached hydrogen (secondary N) is 1. The summed E-state index contributed by atoms with van der Waals surface area (Å²) in [6, 6.07) is 8.58. The van der Waals surface area contributed by atoms with Crippen LogP contribution in [-0.4, -0.2) is 5.16 Å². The van der Waals surface area contributed by atoms with Crippen LogP contribution in [0.2, 0.25) is 10.0 Å². The van der Waals surface area contributed by atoms with E-state index in [1.165, 1.54) is 0 Å². The lowest BCUT2D eigenvalue weighted by atomic mass is 10.2. The standard InChI is InChI=1S/C15H9Cl2NO3/c1-8-11(15(19)21-18-8)7-10-3-5-14(20-10)12-6-9(16)2-4-13(12)17/h2-7,18H,1H2. The van der Waals surface area contributed by atoms with Gasteiger partial charge in [-0.15, -0.1) is 0 Å². The second kappa shape index (κ2) is 5.31.